The highest BCUT2D eigenvalue weighted by Gasteiger charge is 2.28. The van der Waals surface area contributed by atoms with Crippen LogP contribution in [0.15, 0.2) is 28.7 Å². The molecule has 1 aliphatic rings. The molecule has 1 aliphatic heterocycles. The molecule has 2 rings (SSSR count). The van der Waals surface area contributed by atoms with Crippen molar-refractivity contribution < 1.29 is 4.79 Å². The quantitative estimate of drug-likeness (QED) is 0.897. The molecule has 1 amide bonds. The topological polar surface area (TPSA) is 41.1 Å². The van der Waals surface area contributed by atoms with Crippen molar-refractivity contribution in [1.29, 1.82) is 0 Å². The smallest absolute Gasteiger partial charge is 0.237 e. The zero-order valence-electron chi connectivity index (χ0n) is 11.4. The van der Waals surface area contributed by atoms with Crippen LogP contribution >= 0.6 is 15.9 Å². The predicted octanol–water partition coefficient (Wildman–Crippen LogP) is 3.01. The number of carbonyl (C=O) groups is 1. The van der Waals surface area contributed by atoms with E-state index in [1.165, 1.54) is 0 Å². The summed E-state index contributed by atoms with van der Waals surface area (Å²) in [5.41, 5.74) is 1.11. The molecule has 0 bridgehead atoms. The van der Waals surface area contributed by atoms with Gasteiger partial charge in [0.25, 0.3) is 0 Å². The number of hydrogen-bond donors (Lipinski definition) is 2. The van der Waals surface area contributed by atoms with Crippen molar-refractivity contribution in [3.8, 4) is 0 Å². The Kier molecular flexibility index (Phi) is 4.99. The molecule has 0 aliphatic carbocycles. The lowest BCUT2D eigenvalue weighted by Crippen LogP contribution is -2.51. The molecule has 1 heterocycles. The molecule has 0 aromatic heterocycles. The SMILES string of the molecule is CC1CCCNC1C(=O)N[C@H](C)c1ccccc1Br. The van der Waals surface area contributed by atoms with E-state index in [1.807, 2.05) is 31.2 Å². The largest absolute Gasteiger partial charge is 0.348 e. The van der Waals surface area contributed by atoms with Crippen molar-refractivity contribution in [2.24, 2.45) is 5.92 Å². The predicted molar refractivity (Wildman–Crippen MR) is 80.9 cm³/mol. The van der Waals surface area contributed by atoms with Crippen LogP contribution in [0.4, 0.5) is 0 Å². The van der Waals surface area contributed by atoms with Crippen LogP contribution < -0.4 is 10.6 Å². The van der Waals surface area contributed by atoms with Gasteiger partial charge in [-0.1, -0.05) is 41.1 Å². The second kappa shape index (κ2) is 6.53. The molecule has 1 saturated heterocycles. The van der Waals surface area contributed by atoms with Crippen LogP contribution in [-0.2, 0) is 4.79 Å². The van der Waals surface area contributed by atoms with E-state index in [-0.39, 0.29) is 18.0 Å². The van der Waals surface area contributed by atoms with Gasteiger partial charge in [0.2, 0.25) is 5.91 Å². The molecule has 2 unspecified atom stereocenters. The summed E-state index contributed by atoms with van der Waals surface area (Å²) in [5, 5.41) is 6.42. The van der Waals surface area contributed by atoms with Gasteiger partial charge in [-0.2, -0.15) is 0 Å². The third kappa shape index (κ3) is 3.57. The van der Waals surface area contributed by atoms with E-state index < -0.39 is 0 Å². The van der Waals surface area contributed by atoms with Crippen molar-refractivity contribution in [1.82, 2.24) is 10.6 Å². The molecule has 0 spiro atoms. The Morgan fingerprint density at radius 2 is 2.21 bits per heavy atom. The summed E-state index contributed by atoms with van der Waals surface area (Å²) in [7, 11) is 0. The lowest BCUT2D eigenvalue weighted by atomic mass is 9.92. The van der Waals surface area contributed by atoms with E-state index in [2.05, 4.69) is 33.5 Å². The van der Waals surface area contributed by atoms with Gasteiger partial charge in [0.15, 0.2) is 0 Å². The number of rotatable bonds is 3. The van der Waals surface area contributed by atoms with Crippen molar-refractivity contribution >= 4 is 21.8 Å². The molecule has 1 fully saturated rings. The van der Waals surface area contributed by atoms with Crippen LogP contribution in [-0.4, -0.2) is 18.5 Å². The standard InChI is InChI=1S/C15H21BrN2O/c1-10-6-5-9-17-14(10)15(19)18-11(2)12-7-3-4-8-13(12)16/h3-4,7-8,10-11,14,17H,5-6,9H2,1-2H3,(H,18,19)/t10?,11-,14?/m1/s1. The molecule has 19 heavy (non-hydrogen) atoms. The minimum absolute atomic E-state index is 0.0130. The van der Waals surface area contributed by atoms with Crippen molar-refractivity contribution in [2.45, 2.75) is 38.8 Å². The highest BCUT2D eigenvalue weighted by atomic mass is 79.9. The average Bonchev–Trinajstić information content (AvgIpc) is 2.39. The van der Waals surface area contributed by atoms with Gasteiger partial charge in [-0.3, -0.25) is 4.79 Å². The minimum atomic E-state index is -0.0568. The molecular formula is C15H21BrN2O. The van der Waals surface area contributed by atoms with Gasteiger partial charge in [0, 0.05) is 4.47 Å². The van der Waals surface area contributed by atoms with E-state index in [9.17, 15) is 4.79 Å². The van der Waals surface area contributed by atoms with Crippen LogP contribution in [0.2, 0.25) is 0 Å². The molecule has 1 aromatic rings. The summed E-state index contributed by atoms with van der Waals surface area (Å²) < 4.78 is 1.03. The third-order valence-electron chi connectivity index (χ3n) is 3.78. The van der Waals surface area contributed by atoms with Gasteiger partial charge in [0.05, 0.1) is 12.1 Å². The Labute approximate surface area is 123 Å². The zero-order valence-corrected chi connectivity index (χ0v) is 13.0. The molecule has 2 N–H and O–H groups in total. The molecule has 4 heteroatoms. The van der Waals surface area contributed by atoms with E-state index in [1.54, 1.807) is 0 Å². The summed E-state index contributed by atoms with van der Waals surface area (Å²) in [5.74, 6) is 0.510. The van der Waals surface area contributed by atoms with Gasteiger partial charge >= 0.3 is 0 Å². The maximum atomic E-state index is 12.3. The Balaban J connectivity index is 2.00. The summed E-state index contributed by atoms with van der Waals surface area (Å²) in [4.78, 5) is 12.3. The zero-order chi connectivity index (χ0) is 13.8. The second-order valence-corrected chi connectivity index (χ2v) is 6.16. The molecule has 0 radical (unpaired) electrons. The molecule has 0 saturated carbocycles. The van der Waals surface area contributed by atoms with E-state index in [0.717, 1.165) is 29.4 Å². The fourth-order valence-electron chi connectivity index (χ4n) is 2.61. The maximum absolute atomic E-state index is 12.3. The Morgan fingerprint density at radius 3 is 2.89 bits per heavy atom. The molecule has 104 valence electrons. The first kappa shape index (κ1) is 14.5. The molecule has 3 nitrogen and oxygen atoms in total. The van der Waals surface area contributed by atoms with E-state index in [0.29, 0.717) is 5.92 Å². The van der Waals surface area contributed by atoms with Crippen LogP contribution in [0.5, 0.6) is 0 Å². The van der Waals surface area contributed by atoms with Gasteiger partial charge < -0.3 is 10.6 Å². The van der Waals surface area contributed by atoms with E-state index >= 15 is 0 Å². The first-order valence-electron chi connectivity index (χ1n) is 6.87. The average molecular weight is 325 g/mol. The number of amides is 1. The number of piperidine rings is 1. The molecule has 1 aromatic carbocycles. The van der Waals surface area contributed by atoms with Crippen molar-refractivity contribution in [2.75, 3.05) is 6.54 Å². The van der Waals surface area contributed by atoms with Crippen LogP contribution in [0, 0.1) is 5.92 Å². The van der Waals surface area contributed by atoms with Crippen LogP contribution in [0.25, 0.3) is 0 Å². The lowest BCUT2D eigenvalue weighted by molar-refractivity contribution is -0.125. The number of halogens is 1. The van der Waals surface area contributed by atoms with Crippen molar-refractivity contribution in [3.63, 3.8) is 0 Å². The second-order valence-electron chi connectivity index (χ2n) is 5.30. The summed E-state index contributed by atoms with van der Waals surface area (Å²) in [6, 6.07) is 7.96. The fraction of sp³-hybridized carbons (Fsp3) is 0.533. The number of nitrogens with one attached hydrogen (secondary N) is 2. The molecule has 3 atom stereocenters. The van der Waals surface area contributed by atoms with Crippen molar-refractivity contribution in [3.05, 3.63) is 34.3 Å². The molecular weight excluding hydrogens is 304 g/mol. The normalized spacial score (nSPS) is 24.8. The maximum Gasteiger partial charge on any atom is 0.237 e. The van der Waals surface area contributed by atoms with Crippen LogP contribution in [0.1, 0.15) is 38.3 Å². The fourth-order valence-corrected chi connectivity index (χ4v) is 3.24. The summed E-state index contributed by atoms with van der Waals surface area (Å²) >= 11 is 3.53. The summed E-state index contributed by atoms with van der Waals surface area (Å²) in [6.07, 6.45) is 2.28. The van der Waals surface area contributed by atoms with Crippen LogP contribution in [0.3, 0.4) is 0 Å². The Morgan fingerprint density at radius 1 is 1.47 bits per heavy atom. The Hall–Kier alpha value is -0.870. The van der Waals surface area contributed by atoms with Gasteiger partial charge in [0.1, 0.15) is 0 Å². The third-order valence-corrected chi connectivity index (χ3v) is 4.50. The number of carbonyl (C=O) groups excluding carboxylic acids is 1. The summed E-state index contributed by atoms with van der Waals surface area (Å²) in [6.45, 7) is 5.09. The highest BCUT2D eigenvalue weighted by Crippen LogP contribution is 2.23. The van der Waals surface area contributed by atoms with Gasteiger partial charge in [-0.05, 0) is 43.9 Å². The Bertz CT molecular complexity index is 450. The van der Waals surface area contributed by atoms with E-state index in [4.69, 9.17) is 0 Å². The first-order chi connectivity index (χ1) is 9.09. The number of benzene rings is 1. The monoisotopic (exact) mass is 324 g/mol. The minimum Gasteiger partial charge on any atom is -0.348 e. The van der Waals surface area contributed by atoms with Gasteiger partial charge in [-0.25, -0.2) is 0 Å². The number of hydrogen-bond acceptors (Lipinski definition) is 2. The lowest BCUT2D eigenvalue weighted by Gasteiger charge is -2.30. The highest BCUT2D eigenvalue weighted by molar-refractivity contribution is 9.10. The van der Waals surface area contributed by atoms with Gasteiger partial charge in [-0.15, -0.1) is 0 Å². The first-order valence-corrected chi connectivity index (χ1v) is 7.67.